The lowest BCUT2D eigenvalue weighted by Crippen LogP contribution is -2.36. The minimum Gasteiger partial charge on any atom is -0.444 e. The van der Waals surface area contributed by atoms with E-state index in [1.54, 1.807) is 0 Å². The van der Waals surface area contributed by atoms with Crippen LogP contribution in [0.15, 0.2) is 0 Å². The van der Waals surface area contributed by atoms with Crippen molar-refractivity contribution < 1.29 is 14.3 Å². The number of amides is 2. The predicted octanol–water partition coefficient (Wildman–Crippen LogP) is 2.79. The average molecular weight is 309 g/mol. The van der Waals surface area contributed by atoms with Crippen LogP contribution in [-0.4, -0.2) is 35.1 Å². The monoisotopic (exact) mass is 309 g/mol. The third-order valence-electron chi connectivity index (χ3n) is 3.39. The van der Waals surface area contributed by atoms with Gasteiger partial charge in [0.05, 0.1) is 0 Å². The molecule has 2 amide bonds. The molecule has 0 aliphatic heterocycles. The molecule has 0 aromatic carbocycles. The van der Waals surface area contributed by atoms with E-state index in [-0.39, 0.29) is 17.4 Å². The lowest BCUT2D eigenvalue weighted by molar-refractivity contribution is -0.130. The molecular formula is C16H27N3O3. The zero-order chi connectivity index (χ0) is 17.0. The van der Waals surface area contributed by atoms with Crippen LogP contribution in [0.25, 0.3) is 0 Å². The Morgan fingerprint density at radius 3 is 2.32 bits per heavy atom. The zero-order valence-electron chi connectivity index (χ0n) is 14.2. The van der Waals surface area contributed by atoms with E-state index in [0.29, 0.717) is 19.4 Å². The van der Waals surface area contributed by atoms with Gasteiger partial charge in [0.25, 0.3) is 0 Å². The molecule has 6 nitrogen and oxygen atoms in total. The number of nitrogens with zero attached hydrogens (tertiary/aromatic N) is 2. The maximum atomic E-state index is 12.1. The topological polar surface area (TPSA) is 82.4 Å². The largest absolute Gasteiger partial charge is 0.444 e. The number of hydrogen-bond acceptors (Lipinski definition) is 4. The van der Waals surface area contributed by atoms with Gasteiger partial charge in [-0.25, -0.2) is 9.69 Å². The second-order valence-corrected chi connectivity index (χ2v) is 7.61. The second-order valence-electron chi connectivity index (χ2n) is 7.61. The van der Waals surface area contributed by atoms with Crippen molar-refractivity contribution in [3.05, 3.63) is 0 Å². The molecule has 0 aromatic rings. The van der Waals surface area contributed by atoms with E-state index in [1.807, 2.05) is 40.8 Å². The molecule has 6 heteroatoms. The SMILES string of the molecule is CC(C)(CCNC(=O)OC(C)(C)C)CC(=O)N(C#N)C1CC1. The summed E-state index contributed by atoms with van der Waals surface area (Å²) in [6.07, 6.45) is 4.30. The van der Waals surface area contributed by atoms with E-state index in [1.165, 1.54) is 4.90 Å². The highest BCUT2D eigenvalue weighted by atomic mass is 16.6. The summed E-state index contributed by atoms with van der Waals surface area (Å²) in [4.78, 5) is 25.0. The number of alkyl carbamates (subject to hydrolysis) is 1. The molecule has 1 fully saturated rings. The summed E-state index contributed by atoms with van der Waals surface area (Å²) >= 11 is 0. The quantitative estimate of drug-likeness (QED) is 0.604. The number of carbonyl (C=O) groups is 2. The lowest BCUT2D eigenvalue weighted by atomic mass is 9.85. The van der Waals surface area contributed by atoms with Gasteiger partial charge >= 0.3 is 6.09 Å². The zero-order valence-corrected chi connectivity index (χ0v) is 14.2. The molecule has 0 heterocycles. The van der Waals surface area contributed by atoms with Crippen LogP contribution in [-0.2, 0) is 9.53 Å². The summed E-state index contributed by atoms with van der Waals surface area (Å²) < 4.78 is 5.16. The van der Waals surface area contributed by atoms with Gasteiger partial charge in [0.1, 0.15) is 5.60 Å². The van der Waals surface area contributed by atoms with Crippen LogP contribution in [0.3, 0.4) is 0 Å². The molecule has 1 aliphatic rings. The molecule has 0 spiro atoms. The predicted molar refractivity (Wildman–Crippen MR) is 82.7 cm³/mol. The number of hydrogen-bond donors (Lipinski definition) is 1. The van der Waals surface area contributed by atoms with Crippen molar-refractivity contribution >= 4 is 12.0 Å². The van der Waals surface area contributed by atoms with Crippen molar-refractivity contribution in [3.63, 3.8) is 0 Å². The fraction of sp³-hybridized carbons (Fsp3) is 0.812. The van der Waals surface area contributed by atoms with E-state index in [4.69, 9.17) is 10.00 Å². The fourth-order valence-electron chi connectivity index (χ4n) is 2.07. The van der Waals surface area contributed by atoms with Gasteiger partial charge in [-0.3, -0.25) is 4.79 Å². The molecule has 0 atom stereocenters. The van der Waals surface area contributed by atoms with Gasteiger partial charge in [0.15, 0.2) is 6.19 Å². The molecule has 22 heavy (non-hydrogen) atoms. The number of nitrogens with one attached hydrogen (secondary N) is 1. The number of ether oxygens (including phenoxy) is 1. The van der Waals surface area contributed by atoms with Gasteiger partial charge in [0.2, 0.25) is 5.91 Å². The number of nitriles is 1. The number of carbonyl (C=O) groups excluding carboxylic acids is 2. The first kappa shape index (κ1) is 18.3. The molecule has 0 radical (unpaired) electrons. The van der Waals surface area contributed by atoms with Crippen molar-refractivity contribution in [3.8, 4) is 6.19 Å². The van der Waals surface area contributed by atoms with E-state index < -0.39 is 11.7 Å². The van der Waals surface area contributed by atoms with Crippen molar-refractivity contribution in [1.82, 2.24) is 10.2 Å². The summed E-state index contributed by atoms with van der Waals surface area (Å²) in [7, 11) is 0. The third kappa shape index (κ3) is 6.79. The Morgan fingerprint density at radius 1 is 1.27 bits per heavy atom. The van der Waals surface area contributed by atoms with E-state index in [9.17, 15) is 9.59 Å². The maximum Gasteiger partial charge on any atom is 0.407 e. The molecule has 0 saturated heterocycles. The summed E-state index contributed by atoms with van der Waals surface area (Å²) in [5.74, 6) is -0.132. The van der Waals surface area contributed by atoms with E-state index in [2.05, 4.69) is 5.32 Å². The molecule has 0 aromatic heterocycles. The van der Waals surface area contributed by atoms with E-state index >= 15 is 0 Å². The Labute approximate surface area is 132 Å². The molecule has 124 valence electrons. The van der Waals surface area contributed by atoms with Gasteiger partial charge in [-0.15, -0.1) is 0 Å². The summed E-state index contributed by atoms with van der Waals surface area (Å²) in [6, 6.07) is 0.105. The average Bonchev–Trinajstić information content (AvgIpc) is 3.10. The van der Waals surface area contributed by atoms with Crippen molar-refractivity contribution in [1.29, 1.82) is 5.26 Å². The second kappa shape index (κ2) is 6.99. The van der Waals surface area contributed by atoms with Gasteiger partial charge in [-0.1, -0.05) is 13.8 Å². The first-order valence-electron chi connectivity index (χ1n) is 7.73. The van der Waals surface area contributed by atoms with Crippen LogP contribution in [0.1, 0.15) is 60.3 Å². The van der Waals surface area contributed by atoms with Crippen LogP contribution < -0.4 is 5.32 Å². The van der Waals surface area contributed by atoms with Crippen molar-refractivity contribution in [2.75, 3.05) is 6.54 Å². The standard InChI is InChI=1S/C16H27N3O3/c1-15(2,3)22-14(21)18-9-8-16(4,5)10-13(20)19(11-17)12-6-7-12/h12H,6-10H2,1-5H3,(H,18,21). The van der Waals surface area contributed by atoms with Crippen LogP contribution in [0.4, 0.5) is 4.79 Å². The van der Waals surface area contributed by atoms with Crippen LogP contribution in [0.2, 0.25) is 0 Å². The minimum atomic E-state index is -0.521. The highest BCUT2D eigenvalue weighted by Crippen LogP contribution is 2.31. The molecule has 1 rings (SSSR count). The van der Waals surface area contributed by atoms with Gasteiger partial charge in [0, 0.05) is 19.0 Å². The Kier molecular flexibility index (Phi) is 5.81. The Morgan fingerprint density at radius 2 is 1.86 bits per heavy atom. The summed E-state index contributed by atoms with van der Waals surface area (Å²) in [6.45, 7) is 9.79. The normalized spacial score (nSPS) is 14.9. The maximum absolute atomic E-state index is 12.1. The highest BCUT2D eigenvalue weighted by molar-refractivity contribution is 5.79. The third-order valence-corrected chi connectivity index (χ3v) is 3.39. The van der Waals surface area contributed by atoms with Gasteiger partial charge in [-0.05, 0) is 45.4 Å². The molecule has 1 aliphatic carbocycles. The molecule has 1 saturated carbocycles. The Bertz CT molecular complexity index is 456. The van der Waals surface area contributed by atoms with Crippen molar-refractivity contribution in [2.45, 2.75) is 71.9 Å². The van der Waals surface area contributed by atoms with Crippen LogP contribution >= 0.6 is 0 Å². The molecule has 0 unspecified atom stereocenters. The summed E-state index contributed by atoms with van der Waals surface area (Å²) in [5.41, 5.74) is -0.802. The lowest BCUT2D eigenvalue weighted by Gasteiger charge is -2.26. The first-order valence-corrected chi connectivity index (χ1v) is 7.73. The molecule has 0 bridgehead atoms. The smallest absolute Gasteiger partial charge is 0.407 e. The Balaban J connectivity index is 2.36. The highest BCUT2D eigenvalue weighted by Gasteiger charge is 2.35. The van der Waals surface area contributed by atoms with Crippen LogP contribution in [0.5, 0.6) is 0 Å². The first-order chi connectivity index (χ1) is 10.0. The van der Waals surface area contributed by atoms with Crippen LogP contribution in [0, 0.1) is 16.9 Å². The Hall–Kier alpha value is -1.77. The van der Waals surface area contributed by atoms with E-state index in [0.717, 1.165) is 12.8 Å². The van der Waals surface area contributed by atoms with Crippen molar-refractivity contribution in [2.24, 2.45) is 5.41 Å². The van der Waals surface area contributed by atoms with Gasteiger partial charge < -0.3 is 10.1 Å². The molecular weight excluding hydrogens is 282 g/mol. The minimum absolute atomic E-state index is 0.105. The number of rotatable bonds is 6. The van der Waals surface area contributed by atoms with Gasteiger partial charge in [-0.2, -0.15) is 5.26 Å². The summed E-state index contributed by atoms with van der Waals surface area (Å²) in [5, 5.41) is 11.7. The fourth-order valence-corrected chi connectivity index (χ4v) is 2.07. The molecule has 1 N–H and O–H groups in total.